The van der Waals surface area contributed by atoms with Gasteiger partial charge in [0, 0.05) is 0 Å². The lowest BCUT2D eigenvalue weighted by molar-refractivity contribution is -0.354. The molecule has 0 aromatic carbocycles. The lowest BCUT2D eigenvalue weighted by Gasteiger charge is -2.64. The van der Waals surface area contributed by atoms with Gasteiger partial charge in [-0.3, -0.25) is 9.35 Å². The Labute approximate surface area is 339 Å². The van der Waals surface area contributed by atoms with Gasteiger partial charge in [0.1, 0.15) is 53.2 Å². The Bertz CT molecular complexity index is 1730. The third kappa shape index (κ3) is 6.66. The van der Waals surface area contributed by atoms with E-state index >= 15 is 0 Å². The van der Waals surface area contributed by atoms with E-state index < -0.39 is 129 Å². The first-order valence-corrected chi connectivity index (χ1v) is 22.0. The van der Waals surface area contributed by atoms with E-state index in [1.165, 1.54) is 0 Å². The monoisotopic (exact) mass is 848 g/mol. The SMILES string of the molecule is CC(C)(O)CCCC1(C)OC(=O)C23C(O)C=C4C(CCC5C4(C)CCC(OC4OCC(OS(=O)(=O)O)C(O)C4OC4OCC(O)C(O)C4O)C5(C)C)C2(C)CCC13O. The predicted molar refractivity (Wildman–Crippen MR) is 200 cm³/mol. The van der Waals surface area contributed by atoms with E-state index in [2.05, 4.69) is 25.0 Å². The second-order valence-electron chi connectivity index (χ2n) is 20.1. The largest absolute Gasteiger partial charge is 0.456 e. The van der Waals surface area contributed by atoms with Crippen LogP contribution in [0.25, 0.3) is 0 Å². The Morgan fingerprint density at radius 1 is 0.879 bits per heavy atom. The molecule has 4 aliphatic carbocycles. The summed E-state index contributed by atoms with van der Waals surface area (Å²) in [6.45, 7) is 12.6. The van der Waals surface area contributed by atoms with Crippen molar-refractivity contribution in [1.82, 2.24) is 0 Å². The smallest absolute Gasteiger partial charge is 0.397 e. The van der Waals surface area contributed by atoms with Crippen molar-refractivity contribution in [2.75, 3.05) is 13.2 Å². The molecule has 0 amide bonds. The molecule has 7 rings (SSSR count). The van der Waals surface area contributed by atoms with Crippen LogP contribution in [0.4, 0.5) is 0 Å². The van der Waals surface area contributed by atoms with Crippen LogP contribution in [-0.2, 0) is 43.1 Å². The van der Waals surface area contributed by atoms with Crippen LogP contribution in [0.1, 0.15) is 106 Å². The number of cyclic esters (lactones) is 1. The lowest BCUT2D eigenvalue weighted by atomic mass is 9.40. The Hall–Kier alpha value is -1.36. The highest BCUT2D eigenvalue weighted by atomic mass is 32.3. The summed E-state index contributed by atoms with van der Waals surface area (Å²) in [5.74, 6) is -0.755. The molecule has 17 nitrogen and oxygen atoms in total. The molecule has 8 N–H and O–H groups in total. The molecule has 17 atom stereocenters. The summed E-state index contributed by atoms with van der Waals surface area (Å²) in [6.07, 6.45) is -8.23. The minimum absolute atomic E-state index is 0.0300. The van der Waals surface area contributed by atoms with Crippen molar-refractivity contribution in [2.45, 2.75) is 184 Å². The summed E-state index contributed by atoms with van der Waals surface area (Å²) in [4.78, 5) is 14.3. The Kier molecular flexibility index (Phi) is 11.3. The van der Waals surface area contributed by atoms with Gasteiger partial charge in [-0.2, -0.15) is 8.42 Å². The molecule has 18 heteroatoms. The van der Waals surface area contributed by atoms with E-state index in [9.17, 15) is 53.5 Å². The standard InChI is InChI=1S/C40H64O17S/c1-34(2,47)12-8-13-38(7)39(48)16-15-37(6)20-9-10-24-35(3,4)26(11-14-36(24,5)21(20)17-25(42)40(37,39)33(46)56-38)54-32-30(28(44)23(19-53-32)57-58(49,50)51)55-31-29(45)27(43)22(41)18-52-31/h17,20,22-32,41-45,47-48H,8-16,18-19H2,1-7H3,(H,49,50,51). The fourth-order valence-corrected chi connectivity index (χ4v) is 13.4. The van der Waals surface area contributed by atoms with Crippen molar-refractivity contribution in [3.63, 3.8) is 0 Å². The number of hydrogen-bond acceptors (Lipinski definition) is 16. The molecule has 58 heavy (non-hydrogen) atoms. The summed E-state index contributed by atoms with van der Waals surface area (Å²) < 4.78 is 67.2. The molecule has 7 aliphatic rings. The van der Waals surface area contributed by atoms with Crippen molar-refractivity contribution >= 4 is 16.4 Å². The summed E-state index contributed by atoms with van der Waals surface area (Å²) >= 11 is 0. The molecule has 0 aromatic rings. The molecule has 3 saturated carbocycles. The number of esters is 1. The van der Waals surface area contributed by atoms with Crippen molar-refractivity contribution < 1.29 is 81.4 Å². The predicted octanol–water partition coefficient (Wildman–Crippen LogP) is 1.03. The first kappa shape index (κ1) is 44.7. The van der Waals surface area contributed by atoms with Crippen LogP contribution in [-0.4, -0.2) is 146 Å². The molecular weight excluding hydrogens is 784 g/mol. The Morgan fingerprint density at radius 2 is 1.55 bits per heavy atom. The highest BCUT2D eigenvalue weighted by Crippen LogP contribution is 2.77. The van der Waals surface area contributed by atoms with Crippen LogP contribution in [0.15, 0.2) is 11.6 Å². The normalized spacial score (nSPS) is 50.3. The van der Waals surface area contributed by atoms with Gasteiger partial charge in [-0.1, -0.05) is 39.3 Å². The molecule has 0 radical (unpaired) electrons. The van der Waals surface area contributed by atoms with Gasteiger partial charge in [0.05, 0.1) is 31.0 Å². The summed E-state index contributed by atoms with van der Waals surface area (Å²) in [7, 11) is -5.03. The van der Waals surface area contributed by atoms with Crippen LogP contribution in [0, 0.1) is 33.5 Å². The number of aliphatic hydroxyl groups is 7. The number of carbonyl (C=O) groups excluding carboxylic acids is 1. The molecule has 17 unspecified atom stereocenters. The van der Waals surface area contributed by atoms with E-state index in [-0.39, 0.29) is 18.3 Å². The molecule has 3 saturated heterocycles. The van der Waals surface area contributed by atoms with Crippen LogP contribution < -0.4 is 0 Å². The highest BCUT2D eigenvalue weighted by Gasteiger charge is 2.85. The molecule has 0 bridgehead atoms. The van der Waals surface area contributed by atoms with Crippen LogP contribution >= 0.6 is 0 Å². The fraction of sp³-hybridized carbons (Fsp3) is 0.925. The van der Waals surface area contributed by atoms with Crippen LogP contribution in [0.5, 0.6) is 0 Å². The van der Waals surface area contributed by atoms with Gasteiger partial charge in [0.25, 0.3) is 0 Å². The van der Waals surface area contributed by atoms with Gasteiger partial charge in [0.2, 0.25) is 0 Å². The third-order valence-electron chi connectivity index (χ3n) is 16.0. The van der Waals surface area contributed by atoms with Gasteiger partial charge < -0.3 is 59.4 Å². The Morgan fingerprint density at radius 3 is 2.21 bits per heavy atom. The number of allylic oxidation sites excluding steroid dienone is 1. The average molecular weight is 849 g/mol. The summed E-state index contributed by atoms with van der Waals surface area (Å²) in [6, 6.07) is 0. The fourth-order valence-electron chi connectivity index (χ4n) is 13.0. The zero-order chi connectivity index (χ0) is 42.8. The number of rotatable bonds is 10. The van der Waals surface area contributed by atoms with Crippen LogP contribution in [0.2, 0.25) is 0 Å². The van der Waals surface area contributed by atoms with Gasteiger partial charge in [0.15, 0.2) is 12.6 Å². The molecule has 0 aromatic heterocycles. The van der Waals surface area contributed by atoms with E-state index in [1.807, 2.05) is 13.0 Å². The van der Waals surface area contributed by atoms with E-state index in [0.717, 1.165) is 5.57 Å². The van der Waals surface area contributed by atoms with Crippen molar-refractivity contribution in [3.8, 4) is 0 Å². The quantitative estimate of drug-likeness (QED) is 0.0660. The first-order chi connectivity index (χ1) is 26.7. The number of aliphatic hydroxyl groups excluding tert-OH is 5. The molecule has 1 spiro atoms. The third-order valence-corrected chi connectivity index (χ3v) is 16.5. The molecule has 3 heterocycles. The number of fused-ring (bicyclic) bond motifs is 4. The highest BCUT2D eigenvalue weighted by molar-refractivity contribution is 7.80. The van der Waals surface area contributed by atoms with Crippen LogP contribution in [0.3, 0.4) is 0 Å². The maximum absolute atomic E-state index is 14.3. The van der Waals surface area contributed by atoms with Gasteiger partial charge in [-0.05, 0) is 107 Å². The number of ether oxygens (including phenoxy) is 5. The maximum atomic E-state index is 14.3. The molecular formula is C40H64O17S. The summed E-state index contributed by atoms with van der Waals surface area (Å²) in [5, 5.41) is 77.6. The topological polar surface area (TPSA) is 268 Å². The van der Waals surface area contributed by atoms with Crippen molar-refractivity contribution in [1.29, 1.82) is 0 Å². The number of hydrogen-bond donors (Lipinski definition) is 8. The van der Waals surface area contributed by atoms with Crippen molar-refractivity contribution in [2.24, 2.45) is 33.5 Å². The van der Waals surface area contributed by atoms with Gasteiger partial charge in [-0.25, -0.2) is 4.18 Å². The van der Waals surface area contributed by atoms with E-state index in [1.54, 1.807) is 20.8 Å². The first-order valence-electron chi connectivity index (χ1n) is 20.7. The maximum Gasteiger partial charge on any atom is 0.397 e. The van der Waals surface area contributed by atoms with E-state index in [0.29, 0.717) is 51.4 Å². The zero-order valence-corrected chi connectivity index (χ0v) is 35.3. The Balaban J connectivity index is 1.14. The molecule has 332 valence electrons. The second kappa shape index (κ2) is 14.6. The van der Waals surface area contributed by atoms with Crippen molar-refractivity contribution in [3.05, 3.63) is 11.6 Å². The minimum Gasteiger partial charge on any atom is -0.456 e. The zero-order valence-electron chi connectivity index (χ0n) is 34.4. The molecule has 3 aliphatic heterocycles. The van der Waals surface area contributed by atoms with Gasteiger partial charge >= 0.3 is 16.4 Å². The molecule has 6 fully saturated rings. The van der Waals surface area contributed by atoms with E-state index in [4.69, 9.17) is 23.7 Å². The average Bonchev–Trinajstić information content (AvgIpc) is 3.47. The number of carbonyl (C=O) groups is 1. The summed E-state index contributed by atoms with van der Waals surface area (Å²) in [5.41, 5.74) is -6.24. The minimum atomic E-state index is -5.03. The lowest BCUT2D eigenvalue weighted by Crippen LogP contribution is -2.68. The second-order valence-corrected chi connectivity index (χ2v) is 21.2. The van der Waals surface area contributed by atoms with Gasteiger partial charge in [-0.15, -0.1) is 0 Å².